The Morgan fingerprint density at radius 2 is 1.83 bits per heavy atom. The summed E-state index contributed by atoms with van der Waals surface area (Å²) in [5, 5.41) is 6.60. The summed E-state index contributed by atoms with van der Waals surface area (Å²) in [5.41, 5.74) is 0.0291. The molecule has 7 nitrogen and oxygen atoms in total. The Balaban J connectivity index is 1.55. The zero-order chi connectivity index (χ0) is 21.7. The maximum Gasteiger partial charge on any atom is 0.211 e. The lowest BCUT2D eigenvalue weighted by molar-refractivity contribution is 0.280. The Morgan fingerprint density at radius 3 is 2.43 bits per heavy atom. The average molecular weight is 444 g/mol. The highest BCUT2D eigenvalue weighted by atomic mass is 32.2. The molecule has 2 N–H and O–H groups in total. The quantitative estimate of drug-likeness (QED) is 0.518. The van der Waals surface area contributed by atoms with Crippen LogP contribution >= 0.6 is 0 Å². The molecule has 3 rings (SSSR count). The maximum absolute atomic E-state index is 14.1. The first-order valence-electron chi connectivity index (χ1n) is 10.5. The third-order valence-electron chi connectivity index (χ3n) is 5.68. The molecule has 2 heterocycles. The van der Waals surface area contributed by atoms with Crippen LogP contribution in [0.1, 0.15) is 26.2 Å². The average Bonchev–Trinajstić information content (AvgIpc) is 3.14. The molecule has 2 aliphatic heterocycles. The number of guanidine groups is 1. The summed E-state index contributed by atoms with van der Waals surface area (Å²) in [6.45, 7) is 5.44. The Bertz CT molecular complexity index is 837. The minimum absolute atomic E-state index is 0.0291. The van der Waals surface area contributed by atoms with Crippen molar-refractivity contribution >= 4 is 21.7 Å². The van der Waals surface area contributed by atoms with Gasteiger partial charge in [-0.2, -0.15) is 0 Å². The van der Waals surface area contributed by atoms with Gasteiger partial charge in [-0.3, -0.25) is 4.99 Å². The van der Waals surface area contributed by atoms with Gasteiger partial charge in [-0.25, -0.2) is 21.5 Å². The summed E-state index contributed by atoms with van der Waals surface area (Å²) >= 11 is 0. The molecule has 1 atom stereocenters. The van der Waals surface area contributed by atoms with Crippen LogP contribution in [-0.2, 0) is 10.0 Å². The number of hydrogen-bond acceptors (Lipinski definition) is 4. The maximum atomic E-state index is 14.1. The molecule has 0 aromatic heterocycles. The summed E-state index contributed by atoms with van der Waals surface area (Å²) in [6.07, 6.45) is 3.58. The van der Waals surface area contributed by atoms with Gasteiger partial charge < -0.3 is 15.5 Å². The van der Waals surface area contributed by atoms with E-state index in [9.17, 15) is 17.2 Å². The number of benzene rings is 1. The van der Waals surface area contributed by atoms with Crippen molar-refractivity contribution in [1.82, 2.24) is 14.9 Å². The van der Waals surface area contributed by atoms with E-state index in [4.69, 9.17) is 0 Å². The number of nitrogens with one attached hydrogen (secondary N) is 2. The molecule has 1 aromatic carbocycles. The molecule has 1 unspecified atom stereocenters. The molecule has 2 aliphatic rings. The van der Waals surface area contributed by atoms with Crippen LogP contribution in [0.25, 0.3) is 0 Å². The zero-order valence-corrected chi connectivity index (χ0v) is 18.4. The van der Waals surface area contributed by atoms with Gasteiger partial charge in [0.05, 0.1) is 6.26 Å². The Kier molecular flexibility index (Phi) is 7.51. The number of nitrogens with zero attached hydrogens (tertiary/aromatic N) is 3. The lowest BCUT2D eigenvalue weighted by Crippen LogP contribution is -2.45. The number of halogens is 2. The number of aliphatic imine (C=N–C) groups is 1. The van der Waals surface area contributed by atoms with Gasteiger partial charge in [-0.1, -0.05) is 6.07 Å². The van der Waals surface area contributed by atoms with Crippen molar-refractivity contribution in [2.75, 3.05) is 50.4 Å². The molecule has 2 fully saturated rings. The van der Waals surface area contributed by atoms with Crippen LogP contribution in [0.3, 0.4) is 0 Å². The van der Waals surface area contributed by atoms with Crippen molar-refractivity contribution in [3.8, 4) is 0 Å². The van der Waals surface area contributed by atoms with Gasteiger partial charge in [-0.15, -0.1) is 0 Å². The van der Waals surface area contributed by atoms with Crippen LogP contribution in [0, 0.1) is 17.6 Å². The molecule has 30 heavy (non-hydrogen) atoms. The summed E-state index contributed by atoms with van der Waals surface area (Å²) in [6, 6.07) is 3.96. The van der Waals surface area contributed by atoms with Crippen molar-refractivity contribution in [2.24, 2.45) is 10.9 Å². The molecule has 1 aromatic rings. The second-order valence-electron chi connectivity index (χ2n) is 7.97. The van der Waals surface area contributed by atoms with Crippen LogP contribution in [0.15, 0.2) is 23.2 Å². The molecule has 0 radical (unpaired) electrons. The Morgan fingerprint density at radius 1 is 1.17 bits per heavy atom. The number of hydrogen-bond donors (Lipinski definition) is 2. The molecule has 0 aliphatic carbocycles. The number of rotatable bonds is 6. The number of anilines is 1. The Hall–Kier alpha value is -1.94. The summed E-state index contributed by atoms with van der Waals surface area (Å²) in [5.74, 6) is -0.0664. The van der Waals surface area contributed by atoms with Gasteiger partial charge in [0.15, 0.2) is 5.96 Å². The third kappa shape index (κ3) is 5.81. The molecule has 10 heteroatoms. The second kappa shape index (κ2) is 9.91. The van der Waals surface area contributed by atoms with Crippen molar-refractivity contribution in [3.05, 3.63) is 29.8 Å². The van der Waals surface area contributed by atoms with E-state index in [1.807, 2.05) is 6.92 Å². The van der Waals surface area contributed by atoms with Gasteiger partial charge in [0.2, 0.25) is 10.0 Å². The van der Waals surface area contributed by atoms with Gasteiger partial charge >= 0.3 is 0 Å². The molecule has 0 amide bonds. The number of piperidine rings is 1. The highest BCUT2D eigenvalue weighted by Crippen LogP contribution is 2.26. The van der Waals surface area contributed by atoms with Crippen LogP contribution in [-0.4, -0.2) is 70.2 Å². The van der Waals surface area contributed by atoms with Crippen LogP contribution < -0.4 is 15.5 Å². The van der Waals surface area contributed by atoms with E-state index >= 15 is 0 Å². The van der Waals surface area contributed by atoms with E-state index in [1.165, 1.54) is 28.8 Å². The van der Waals surface area contributed by atoms with E-state index in [-0.39, 0.29) is 11.7 Å². The molecule has 0 spiro atoms. The predicted molar refractivity (Wildman–Crippen MR) is 115 cm³/mol. The van der Waals surface area contributed by atoms with Crippen LogP contribution in [0.2, 0.25) is 0 Å². The van der Waals surface area contributed by atoms with Gasteiger partial charge in [0.25, 0.3) is 0 Å². The topological polar surface area (TPSA) is 77.0 Å². The van der Waals surface area contributed by atoms with Crippen LogP contribution in [0.5, 0.6) is 0 Å². The van der Waals surface area contributed by atoms with Gasteiger partial charge in [0.1, 0.15) is 17.3 Å². The second-order valence-corrected chi connectivity index (χ2v) is 9.95. The molecule has 2 saturated heterocycles. The van der Waals surface area contributed by atoms with Crippen molar-refractivity contribution in [3.63, 3.8) is 0 Å². The molecular formula is C20H31F2N5O2S. The van der Waals surface area contributed by atoms with E-state index in [1.54, 1.807) is 4.90 Å². The molecule has 0 bridgehead atoms. The summed E-state index contributed by atoms with van der Waals surface area (Å²) in [7, 11) is -3.12. The summed E-state index contributed by atoms with van der Waals surface area (Å²) < 4.78 is 52.9. The first-order valence-corrected chi connectivity index (χ1v) is 12.3. The highest BCUT2D eigenvalue weighted by molar-refractivity contribution is 7.88. The third-order valence-corrected chi connectivity index (χ3v) is 6.98. The minimum Gasteiger partial charge on any atom is -0.365 e. The SMILES string of the molecule is CCNC(=NCC1CCN(S(C)(=O)=O)CC1)NC1CCN(c2c(F)cccc2F)C1. The predicted octanol–water partition coefficient (Wildman–Crippen LogP) is 1.77. The first kappa shape index (κ1) is 22.7. The number of sulfonamides is 1. The monoisotopic (exact) mass is 443 g/mol. The highest BCUT2D eigenvalue weighted by Gasteiger charge is 2.28. The number of para-hydroxylation sites is 1. The van der Waals surface area contributed by atoms with E-state index in [2.05, 4.69) is 15.6 Å². The summed E-state index contributed by atoms with van der Waals surface area (Å²) in [4.78, 5) is 6.41. The van der Waals surface area contributed by atoms with Gasteiger partial charge in [-0.05, 0) is 44.2 Å². The first-order chi connectivity index (χ1) is 14.3. The molecular weight excluding hydrogens is 412 g/mol. The van der Waals surface area contributed by atoms with Gasteiger partial charge in [0, 0.05) is 45.3 Å². The fraction of sp³-hybridized carbons (Fsp3) is 0.650. The van der Waals surface area contributed by atoms with E-state index in [0.717, 1.165) is 19.3 Å². The van der Waals surface area contributed by atoms with E-state index < -0.39 is 21.7 Å². The normalized spacial score (nSPS) is 21.8. The van der Waals surface area contributed by atoms with Crippen molar-refractivity contribution in [2.45, 2.75) is 32.2 Å². The lowest BCUT2D eigenvalue weighted by Gasteiger charge is -2.29. The van der Waals surface area contributed by atoms with E-state index in [0.29, 0.717) is 51.1 Å². The fourth-order valence-corrected chi connectivity index (χ4v) is 4.90. The van der Waals surface area contributed by atoms with Crippen molar-refractivity contribution < 1.29 is 17.2 Å². The smallest absolute Gasteiger partial charge is 0.211 e. The standard InChI is InChI=1S/C20H31F2N5O2S/c1-3-23-20(24-13-15-7-11-27(12-8-15)30(2,28)29)25-16-9-10-26(14-16)19-17(21)5-4-6-18(19)22/h4-6,15-16H,3,7-14H2,1-2H3,(H2,23,24,25). The zero-order valence-electron chi connectivity index (χ0n) is 17.6. The largest absolute Gasteiger partial charge is 0.365 e. The molecule has 0 saturated carbocycles. The minimum atomic E-state index is -3.12. The van der Waals surface area contributed by atoms with Crippen molar-refractivity contribution in [1.29, 1.82) is 0 Å². The Labute approximate surface area is 177 Å². The lowest BCUT2D eigenvalue weighted by atomic mass is 9.98. The fourth-order valence-electron chi connectivity index (χ4n) is 4.03. The van der Waals surface area contributed by atoms with Crippen LogP contribution in [0.4, 0.5) is 14.5 Å². The molecule has 168 valence electrons.